The third-order valence-corrected chi connectivity index (χ3v) is 2.50. The van der Waals surface area contributed by atoms with E-state index in [4.69, 9.17) is 0 Å². The topological polar surface area (TPSA) is 67.7 Å². The Bertz CT molecular complexity index is 493. The highest BCUT2D eigenvalue weighted by molar-refractivity contribution is 5.46. The first kappa shape index (κ1) is 12.3. The van der Waals surface area contributed by atoms with Crippen LogP contribution >= 0.6 is 0 Å². The van der Waals surface area contributed by atoms with Crippen molar-refractivity contribution in [3.05, 3.63) is 30.4 Å². The number of nitrogens with one attached hydrogen (secondary N) is 2. The minimum atomic E-state index is 0.828. The van der Waals surface area contributed by atoms with Crippen LogP contribution in [0.1, 0.15) is 12.5 Å². The summed E-state index contributed by atoms with van der Waals surface area (Å²) < 4.78 is 1.81. The molecular formula is C12H18N6. The maximum absolute atomic E-state index is 4.17. The normalized spacial score (nSPS) is 10.3. The molecule has 0 spiro atoms. The van der Waals surface area contributed by atoms with Gasteiger partial charge in [-0.15, -0.1) is 0 Å². The Labute approximate surface area is 106 Å². The van der Waals surface area contributed by atoms with Crippen molar-refractivity contribution in [2.45, 2.75) is 13.3 Å². The molecule has 0 fully saturated rings. The Morgan fingerprint density at radius 1 is 1.22 bits per heavy atom. The first-order valence-corrected chi connectivity index (χ1v) is 6.05. The quantitative estimate of drug-likeness (QED) is 0.804. The van der Waals surface area contributed by atoms with E-state index in [1.165, 1.54) is 5.56 Å². The Hall–Kier alpha value is -2.11. The number of hydrogen-bond acceptors (Lipinski definition) is 5. The molecule has 0 unspecified atom stereocenters. The lowest BCUT2D eigenvalue weighted by Crippen LogP contribution is -2.07. The molecule has 2 heterocycles. The fraction of sp³-hybridized carbons (Fsp3) is 0.417. The molecule has 0 saturated heterocycles. The number of aryl methyl sites for hydroxylation is 1. The number of nitrogens with zero attached hydrogens (tertiary/aromatic N) is 4. The molecule has 2 N–H and O–H groups in total. The first-order valence-electron chi connectivity index (χ1n) is 6.05. The van der Waals surface area contributed by atoms with E-state index in [-0.39, 0.29) is 0 Å². The summed E-state index contributed by atoms with van der Waals surface area (Å²) in [7, 11) is 1.92. The van der Waals surface area contributed by atoms with Gasteiger partial charge in [-0.2, -0.15) is 5.10 Å². The number of rotatable bonds is 6. The molecule has 96 valence electrons. The van der Waals surface area contributed by atoms with E-state index >= 15 is 0 Å². The van der Waals surface area contributed by atoms with Crippen LogP contribution < -0.4 is 10.6 Å². The van der Waals surface area contributed by atoms with Gasteiger partial charge in [-0.25, -0.2) is 9.97 Å². The van der Waals surface area contributed by atoms with E-state index in [0.717, 1.165) is 31.1 Å². The zero-order valence-electron chi connectivity index (χ0n) is 10.7. The smallest absolute Gasteiger partial charge is 0.131 e. The maximum atomic E-state index is 4.17. The predicted octanol–water partition coefficient (Wildman–Crippen LogP) is 1.30. The molecule has 2 aromatic rings. The molecule has 0 bridgehead atoms. The van der Waals surface area contributed by atoms with Crippen molar-refractivity contribution < 1.29 is 0 Å². The van der Waals surface area contributed by atoms with Crippen LogP contribution in [0.25, 0.3) is 0 Å². The summed E-state index contributed by atoms with van der Waals surface area (Å²) in [5, 5.41) is 10.6. The molecule has 18 heavy (non-hydrogen) atoms. The maximum Gasteiger partial charge on any atom is 0.131 e. The van der Waals surface area contributed by atoms with Crippen LogP contribution in [-0.4, -0.2) is 32.8 Å². The average molecular weight is 246 g/mol. The third-order valence-electron chi connectivity index (χ3n) is 2.50. The molecule has 0 atom stereocenters. The molecule has 6 nitrogen and oxygen atoms in total. The van der Waals surface area contributed by atoms with Gasteiger partial charge in [0.1, 0.15) is 18.0 Å². The standard InChI is InChI=1S/C12H18N6/c1-3-13-11-6-12(16-9-15-11)14-5-4-10-7-17-18(2)8-10/h6-9H,3-5H2,1-2H3,(H2,13,14,15,16). The van der Waals surface area contributed by atoms with Gasteiger partial charge < -0.3 is 10.6 Å². The van der Waals surface area contributed by atoms with Crippen molar-refractivity contribution in [1.29, 1.82) is 0 Å². The van der Waals surface area contributed by atoms with Gasteiger partial charge in [0, 0.05) is 32.4 Å². The highest BCUT2D eigenvalue weighted by Gasteiger charge is 1.99. The Balaban J connectivity index is 1.84. The van der Waals surface area contributed by atoms with Crippen LogP contribution in [0.5, 0.6) is 0 Å². The van der Waals surface area contributed by atoms with Gasteiger partial charge in [0.05, 0.1) is 6.20 Å². The number of hydrogen-bond donors (Lipinski definition) is 2. The van der Waals surface area contributed by atoms with Crippen LogP contribution in [-0.2, 0) is 13.5 Å². The van der Waals surface area contributed by atoms with Gasteiger partial charge in [0.25, 0.3) is 0 Å². The highest BCUT2D eigenvalue weighted by atomic mass is 15.2. The summed E-state index contributed by atoms with van der Waals surface area (Å²) >= 11 is 0. The van der Waals surface area contributed by atoms with Gasteiger partial charge in [0.2, 0.25) is 0 Å². The number of anilines is 2. The minimum absolute atomic E-state index is 0.828. The molecule has 0 aliphatic rings. The Kier molecular flexibility index (Phi) is 4.11. The van der Waals surface area contributed by atoms with Crippen LogP contribution in [0.15, 0.2) is 24.8 Å². The summed E-state index contributed by atoms with van der Waals surface area (Å²) in [4.78, 5) is 8.30. The zero-order valence-corrected chi connectivity index (χ0v) is 10.7. The Morgan fingerprint density at radius 2 is 2.00 bits per heavy atom. The van der Waals surface area contributed by atoms with Crippen LogP contribution in [0.2, 0.25) is 0 Å². The fourth-order valence-electron chi connectivity index (χ4n) is 1.67. The van der Waals surface area contributed by atoms with E-state index in [1.54, 1.807) is 6.33 Å². The molecule has 2 rings (SSSR count). The van der Waals surface area contributed by atoms with Gasteiger partial charge >= 0.3 is 0 Å². The van der Waals surface area contributed by atoms with E-state index in [9.17, 15) is 0 Å². The average Bonchev–Trinajstić information content (AvgIpc) is 2.76. The molecule has 2 aromatic heterocycles. The SMILES string of the molecule is CCNc1cc(NCCc2cnn(C)c2)ncn1. The van der Waals surface area contributed by atoms with E-state index < -0.39 is 0 Å². The second-order valence-corrected chi connectivity index (χ2v) is 4.02. The molecule has 0 aliphatic heterocycles. The fourth-order valence-corrected chi connectivity index (χ4v) is 1.67. The lowest BCUT2D eigenvalue weighted by Gasteiger charge is -2.06. The molecule has 0 amide bonds. The van der Waals surface area contributed by atoms with Crippen molar-refractivity contribution in [1.82, 2.24) is 19.7 Å². The molecule has 0 aliphatic carbocycles. The largest absolute Gasteiger partial charge is 0.370 e. The van der Waals surface area contributed by atoms with Crippen molar-refractivity contribution >= 4 is 11.6 Å². The van der Waals surface area contributed by atoms with Crippen molar-refractivity contribution in [2.24, 2.45) is 7.05 Å². The second kappa shape index (κ2) is 6.00. The summed E-state index contributed by atoms with van der Waals surface area (Å²) in [5.74, 6) is 1.68. The van der Waals surface area contributed by atoms with Crippen molar-refractivity contribution in [3.8, 4) is 0 Å². The van der Waals surface area contributed by atoms with Crippen LogP contribution in [0, 0.1) is 0 Å². The summed E-state index contributed by atoms with van der Waals surface area (Å²) in [6.07, 6.45) is 6.39. The van der Waals surface area contributed by atoms with Crippen LogP contribution in [0.4, 0.5) is 11.6 Å². The molecule has 0 aromatic carbocycles. The summed E-state index contributed by atoms with van der Waals surface area (Å²) in [6.45, 7) is 3.72. The van der Waals surface area contributed by atoms with Crippen molar-refractivity contribution in [3.63, 3.8) is 0 Å². The monoisotopic (exact) mass is 246 g/mol. The van der Waals surface area contributed by atoms with Gasteiger partial charge in [-0.05, 0) is 18.9 Å². The van der Waals surface area contributed by atoms with E-state index in [0.29, 0.717) is 0 Å². The number of aromatic nitrogens is 4. The summed E-state index contributed by atoms with van der Waals surface area (Å²) in [6, 6.07) is 1.91. The predicted molar refractivity (Wildman–Crippen MR) is 71.6 cm³/mol. The summed E-state index contributed by atoms with van der Waals surface area (Å²) in [5.41, 5.74) is 1.21. The van der Waals surface area contributed by atoms with Gasteiger partial charge in [-0.3, -0.25) is 4.68 Å². The zero-order chi connectivity index (χ0) is 12.8. The third kappa shape index (κ3) is 3.44. The highest BCUT2D eigenvalue weighted by Crippen LogP contribution is 2.08. The molecule has 6 heteroatoms. The van der Waals surface area contributed by atoms with Crippen molar-refractivity contribution in [2.75, 3.05) is 23.7 Å². The first-order chi connectivity index (χ1) is 8.78. The van der Waals surface area contributed by atoms with E-state index in [2.05, 4.69) is 25.7 Å². The Morgan fingerprint density at radius 3 is 2.67 bits per heavy atom. The second-order valence-electron chi connectivity index (χ2n) is 4.02. The van der Waals surface area contributed by atoms with Gasteiger partial charge in [0.15, 0.2) is 0 Å². The molecule has 0 saturated carbocycles. The molecular weight excluding hydrogens is 228 g/mol. The lowest BCUT2D eigenvalue weighted by atomic mass is 10.2. The van der Waals surface area contributed by atoms with Crippen LogP contribution in [0.3, 0.4) is 0 Å². The lowest BCUT2D eigenvalue weighted by molar-refractivity contribution is 0.767. The minimum Gasteiger partial charge on any atom is -0.370 e. The van der Waals surface area contributed by atoms with E-state index in [1.807, 2.05) is 37.1 Å². The molecule has 0 radical (unpaired) electrons. The van der Waals surface area contributed by atoms with Gasteiger partial charge in [-0.1, -0.05) is 0 Å².